The van der Waals surface area contributed by atoms with E-state index in [4.69, 9.17) is 0 Å². The van der Waals surface area contributed by atoms with E-state index in [9.17, 15) is 4.79 Å². The Hall–Kier alpha value is -2.36. The van der Waals surface area contributed by atoms with E-state index in [0.29, 0.717) is 12.2 Å². The lowest BCUT2D eigenvalue weighted by molar-refractivity contribution is -0.115. The quantitative estimate of drug-likeness (QED) is 0.887. The van der Waals surface area contributed by atoms with Gasteiger partial charge < -0.3 is 10.6 Å². The van der Waals surface area contributed by atoms with E-state index in [1.807, 2.05) is 13.0 Å². The molecule has 1 aromatic heterocycles. The van der Waals surface area contributed by atoms with Crippen LogP contribution in [0.1, 0.15) is 24.5 Å². The molecule has 4 heteroatoms. The predicted molar refractivity (Wildman–Crippen MR) is 82.4 cm³/mol. The van der Waals surface area contributed by atoms with Crippen molar-refractivity contribution in [2.24, 2.45) is 0 Å². The summed E-state index contributed by atoms with van der Waals surface area (Å²) in [7, 11) is 0. The van der Waals surface area contributed by atoms with Gasteiger partial charge >= 0.3 is 0 Å². The Kier molecular flexibility index (Phi) is 4.35. The fourth-order valence-corrected chi connectivity index (χ4v) is 1.99. The van der Waals surface area contributed by atoms with Crippen molar-refractivity contribution >= 4 is 23.1 Å². The molecule has 0 saturated carbocycles. The first-order valence-electron chi connectivity index (χ1n) is 6.68. The Labute approximate surface area is 119 Å². The molecule has 2 aromatic rings. The maximum atomic E-state index is 11.3. The van der Waals surface area contributed by atoms with E-state index < -0.39 is 0 Å². The number of amides is 1. The van der Waals surface area contributed by atoms with Gasteiger partial charge in [-0.3, -0.25) is 4.79 Å². The number of aryl methyl sites for hydroxylation is 2. The van der Waals surface area contributed by atoms with Crippen LogP contribution in [0.5, 0.6) is 0 Å². The zero-order valence-electron chi connectivity index (χ0n) is 12.0. The lowest BCUT2D eigenvalue weighted by Gasteiger charge is -2.09. The van der Waals surface area contributed by atoms with E-state index in [0.717, 1.165) is 11.4 Å². The molecule has 20 heavy (non-hydrogen) atoms. The van der Waals surface area contributed by atoms with Crippen molar-refractivity contribution in [1.82, 2.24) is 4.98 Å². The largest absolute Gasteiger partial charge is 0.354 e. The van der Waals surface area contributed by atoms with Gasteiger partial charge in [0.05, 0.1) is 11.9 Å². The standard InChI is InChI=1S/C16H19N3O/c1-4-16(20)19-15-6-5-13(10-17-15)18-14-8-11(2)7-12(3)9-14/h5-10,18H,4H2,1-3H3,(H,17,19,20). The smallest absolute Gasteiger partial charge is 0.225 e. The van der Waals surface area contributed by atoms with Crippen LogP contribution in [-0.4, -0.2) is 10.9 Å². The minimum Gasteiger partial charge on any atom is -0.354 e. The van der Waals surface area contributed by atoms with Crippen LogP contribution in [0.4, 0.5) is 17.2 Å². The summed E-state index contributed by atoms with van der Waals surface area (Å²) in [5.41, 5.74) is 4.36. The zero-order valence-corrected chi connectivity index (χ0v) is 12.0. The third kappa shape index (κ3) is 3.82. The van der Waals surface area contributed by atoms with E-state index in [-0.39, 0.29) is 5.91 Å². The van der Waals surface area contributed by atoms with E-state index >= 15 is 0 Å². The zero-order chi connectivity index (χ0) is 14.5. The van der Waals surface area contributed by atoms with Crippen molar-refractivity contribution in [3.63, 3.8) is 0 Å². The van der Waals surface area contributed by atoms with Gasteiger partial charge in [0.1, 0.15) is 5.82 Å². The summed E-state index contributed by atoms with van der Waals surface area (Å²) >= 11 is 0. The molecule has 1 heterocycles. The first-order chi connectivity index (χ1) is 9.56. The highest BCUT2D eigenvalue weighted by Crippen LogP contribution is 2.19. The van der Waals surface area contributed by atoms with E-state index in [1.54, 1.807) is 12.3 Å². The molecule has 0 bridgehead atoms. The third-order valence-corrected chi connectivity index (χ3v) is 2.86. The summed E-state index contributed by atoms with van der Waals surface area (Å²) in [6.45, 7) is 5.95. The highest BCUT2D eigenvalue weighted by molar-refractivity contribution is 5.89. The Morgan fingerprint density at radius 3 is 2.35 bits per heavy atom. The number of aromatic nitrogens is 1. The average Bonchev–Trinajstić information content (AvgIpc) is 2.39. The number of anilines is 3. The maximum absolute atomic E-state index is 11.3. The summed E-state index contributed by atoms with van der Waals surface area (Å²) in [6.07, 6.45) is 2.16. The van der Waals surface area contributed by atoms with Crippen molar-refractivity contribution < 1.29 is 4.79 Å². The summed E-state index contributed by atoms with van der Waals surface area (Å²) in [5, 5.41) is 6.03. The van der Waals surface area contributed by atoms with Crippen LogP contribution >= 0.6 is 0 Å². The van der Waals surface area contributed by atoms with Crippen LogP contribution in [0.15, 0.2) is 36.5 Å². The van der Waals surface area contributed by atoms with Crippen LogP contribution in [-0.2, 0) is 4.79 Å². The van der Waals surface area contributed by atoms with Gasteiger partial charge in [-0.1, -0.05) is 13.0 Å². The molecule has 2 rings (SSSR count). The van der Waals surface area contributed by atoms with Crippen LogP contribution in [0.25, 0.3) is 0 Å². The van der Waals surface area contributed by atoms with Crippen molar-refractivity contribution in [3.8, 4) is 0 Å². The minimum absolute atomic E-state index is 0.0347. The monoisotopic (exact) mass is 269 g/mol. The lowest BCUT2D eigenvalue weighted by atomic mass is 10.1. The lowest BCUT2D eigenvalue weighted by Crippen LogP contribution is -2.10. The second kappa shape index (κ2) is 6.19. The number of carbonyl (C=O) groups excluding carboxylic acids is 1. The topological polar surface area (TPSA) is 54.0 Å². The first kappa shape index (κ1) is 14.1. The fourth-order valence-electron chi connectivity index (χ4n) is 1.99. The SMILES string of the molecule is CCC(=O)Nc1ccc(Nc2cc(C)cc(C)c2)cn1. The van der Waals surface area contributed by atoms with Crippen LogP contribution < -0.4 is 10.6 Å². The molecule has 2 N–H and O–H groups in total. The normalized spacial score (nSPS) is 10.2. The minimum atomic E-state index is -0.0347. The van der Waals surface area contributed by atoms with E-state index in [2.05, 4.69) is 47.7 Å². The molecule has 1 aromatic carbocycles. The van der Waals surface area contributed by atoms with Gasteiger partial charge in [-0.2, -0.15) is 0 Å². The molecule has 0 aliphatic carbocycles. The van der Waals surface area contributed by atoms with Crippen molar-refractivity contribution in [1.29, 1.82) is 0 Å². The molecule has 0 saturated heterocycles. The number of hydrogen-bond acceptors (Lipinski definition) is 3. The predicted octanol–water partition coefficient (Wildman–Crippen LogP) is 3.79. The van der Waals surface area contributed by atoms with Gasteiger partial charge in [0, 0.05) is 12.1 Å². The summed E-state index contributed by atoms with van der Waals surface area (Å²) < 4.78 is 0. The number of rotatable bonds is 4. The second-order valence-corrected chi connectivity index (χ2v) is 4.84. The van der Waals surface area contributed by atoms with Gasteiger partial charge in [0.2, 0.25) is 5.91 Å². The van der Waals surface area contributed by atoms with Gasteiger partial charge in [-0.25, -0.2) is 4.98 Å². The molecule has 0 aliphatic heterocycles. The molecule has 0 spiro atoms. The molecule has 0 radical (unpaired) electrons. The van der Waals surface area contributed by atoms with E-state index in [1.165, 1.54) is 11.1 Å². The molecule has 0 unspecified atom stereocenters. The van der Waals surface area contributed by atoms with Crippen molar-refractivity contribution in [2.45, 2.75) is 27.2 Å². The molecular formula is C16H19N3O. The Balaban J connectivity index is 2.08. The van der Waals surface area contributed by atoms with Crippen LogP contribution in [0.3, 0.4) is 0 Å². The van der Waals surface area contributed by atoms with Gasteiger partial charge in [-0.15, -0.1) is 0 Å². The van der Waals surface area contributed by atoms with Gasteiger partial charge in [0.15, 0.2) is 0 Å². The number of nitrogens with zero attached hydrogens (tertiary/aromatic N) is 1. The van der Waals surface area contributed by atoms with Crippen molar-refractivity contribution in [3.05, 3.63) is 47.7 Å². The molecule has 104 valence electrons. The summed E-state index contributed by atoms with van der Waals surface area (Å²) in [5.74, 6) is 0.537. The average molecular weight is 269 g/mol. The highest BCUT2D eigenvalue weighted by Gasteiger charge is 2.01. The van der Waals surface area contributed by atoms with Gasteiger partial charge in [0.25, 0.3) is 0 Å². The fraction of sp³-hybridized carbons (Fsp3) is 0.250. The number of pyridine rings is 1. The third-order valence-electron chi connectivity index (χ3n) is 2.86. The molecule has 1 amide bonds. The highest BCUT2D eigenvalue weighted by atomic mass is 16.1. The maximum Gasteiger partial charge on any atom is 0.225 e. The number of nitrogens with one attached hydrogen (secondary N) is 2. The summed E-state index contributed by atoms with van der Waals surface area (Å²) in [4.78, 5) is 15.5. The number of benzene rings is 1. The molecule has 4 nitrogen and oxygen atoms in total. The first-order valence-corrected chi connectivity index (χ1v) is 6.68. The van der Waals surface area contributed by atoms with Crippen molar-refractivity contribution in [2.75, 3.05) is 10.6 Å². The Bertz CT molecular complexity index is 585. The summed E-state index contributed by atoms with van der Waals surface area (Å²) in [6, 6.07) is 9.99. The Morgan fingerprint density at radius 2 is 1.80 bits per heavy atom. The number of carbonyl (C=O) groups is 1. The molecule has 0 atom stereocenters. The van der Waals surface area contributed by atoms with Crippen LogP contribution in [0.2, 0.25) is 0 Å². The Morgan fingerprint density at radius 1 is 1.10 bits per heavy atom. The van der Waals surface area contributed by atoms with Crippen LogP contribution in [0, 0.1) is 13.8 Å². The van der Waals surface area contributed by atoms with Gasteiger partial charge in [-0.05, 0) is 49.2 Å². The molecule has 0 fully saturated rings. The molecule has 0 aliphatic rings. The second-order valence-electron chi connectivity index (χ2n) is 4.84. The number of hydrogen-bond donors (Lipinski definition) is 2. The molecular weight excluding hydrogens is 250 g/mol.